The Balaban J connectivity index is 1.68. The first-order chi connectivity index (χ1) is 10.6. The Kier molecular flexibility index (Phi) is 4.83. The van der Waals surface area contributed by atoms with Crippen LogP contribution in [0.25, 0.3) is 0 Å². The van der Waals surface area contributed by atoms with Gasteiger partial charge in [-0.05, 0) is 32.1 Å². The van der Waals surface area contributed by atoms with Crippen molar-refractivity contribution < 1.29 is 4.79 Å². The molecule has 1 aromatic heterocycles. The van der Waals surface area contributed by atoms with Crippen molar-refractivity contribution in [3.05, 3.63) is 16.1 Å². The number of aryl methyl sites for hydroxylation is 1. The Labute approximate surface area is 137 Å². The van der Waals surface area contributed by atoms with E-state index in [1.165, 1.54) is 17.1 Å². The average Bonchev–Trinajstić information content (AvgIpc) is 3.04. The lowest BCUT2D eigenvalue weighted by molar-refractivity contribution is -0.139. The van der Waals surface area contributed by atoms with Crippen molar-refractivity contribution in [2.24, 2.45) is 5.73 Å². The molecule has 0 radical (unpaired) electrons. The number of aromatic nitrogens is 1. The predicted molar refractivity (Wildman–Crippen MR) is 90.1 cm³/mol. The van der Waals surface area contributed by atoms with Crippen molar-refractivity contribution in [2.75, 3.05) is 13.1 Å². The zero-order chi connectivity index (χ0) is 15.6. The lowest BCUT2D eigenvalue weighted by Gasteiger charge is -2.40. The molecule has 2 fully saturated rings. The summed E-state index contributed by atoms with van der Waals surface area (Å²) in [5.74, 6) is 0.583. The highest BCUT2D eigenvalue weighted by molar-refractivity contribution is 7.09. The van der Waals surface area contributed by atoms with Crippen molar-refractivity contribution in [2.45, 2.75) is 69.7 Å². The number of carbonyl (C=O) groups is 1. The van der Waals surface area contributed by atoms with Gasteiger partial charge in [-0.1, -0.05) is 26.2 Å². The van der Waals surface area contributed by atoms with Gasteiger partial charge in [-0.2, -0.15) is 0 Å². The molecule has 0 spiro atoms. The van der Waals surface area contributed by atoms with Crippen LogP contribution in [0.15, 0.2) is 5.38 Å². The van der Waals surface area contributed by atoms with E-state index in [9.17, 15) is 4.79 Å². The van der Waals surface area contributed by atoms with Gasteiger partial charge in [0.25, 0.3) is 0 Å². The van der Waals surface area contributed by atoms with E-state index in [1.54, 1.807) is 11.3 Å². The molecular weight excluding hydrogens is 294 g/mol. The summed E-state index contributed by atoms with van der Waals surface area (Å²) in [5.41, 5.74) is 7.01. The minimum absolute atomic E-state index is 0.184. The SMILES string of the molecule is CCc1csc([C@@H]2CCCN(C(=O)C3(N)CCCCC3)C2)n1. The second-order valence-electron chi connectivity index (χ2n) is 6.84. The molecule has 2 heterocycles. The van der Waals surface area contributed by atoms with Gasteiger partial charge < -0.3 is 10.6 Å². The first-order valence-corrected chi connectivity index (χ1v) is 9.53. The molecule has 2 aliphatic rings. The van der Waals surface area contributed by atoms with E-state index in [-0.39, 0.29) is 5.91 Å². The third-order valence-corrected chi connectivity index (χ3v) is 6.22. The minimum Gasteiger partial charge on any atom is -0.340 e. The van der Waals surface area contributed by atoms with E-state index in [0.29, 0.717) is 5.92 Å². The Hall–Kier alpha value is -0.940. The molecule has 4 nitrogen and oxygen atoms in total. The first kappa shape index (κ1) is 15.9. The largest absolute Gasteiger partial charge is 0.340 e. The second-order valence-corrected chi connectivity index (χ2v) is 7.73. The van der Waals surface area contributed by atoms with E-state index in [2.05, 4.69) is 12.3 Å². The summed E-state index contributed by atoms with van der Waals surface area (Å²) >= 11 is 1.75. The summed E-state index contributed by atoms with van der Waals surface area (Å²) in [6.07, 6.45) is 8.28. The third kappa shape index (κ3) is 3.20. The van der Waals surface area contributed by atoms with Gasteiger partial charge >= 0.3 is 0 Å². The van der Waals surface area contributed by atoms with Gasteiger partial charge in [-0.3, -0.25) is 4.79 Å². The molecule has 0 unspecified atom stereocenters. The van der Waals surface area contributed by atoms with Gasteiger partial charge in [0.2, 0.25) is 5.91 Å². The van der Waals surface area contributed by atoms with Crippen LogP contribution in [-0.2, 0) is 11.2 Å². The normalized spacial score (nSPS) is 25.2. The molecule has 5 heteroatoms. The van der Waals surface area contributed by atoms with Crippen molar-refractivity contribution in [1.82, 2.24) is 9.88 Å². The monoisotopic (exact) mass is 321 g/mol. The van der Waals surface area contributed by atoms with Gasteiger partial charge in [-0.25, -0.2) is 4.98 Å². The molecule has 0 aromatic carbocycles. The number of amides is 1. The van der Waals surface area contributed by atoms with Crippen LogP contribution in [0.1, 0.15) is 68.5 Å². The van der Waals surface area contributed by atoms with Crippen molar-refractivity contribution in [3.8, 4) is 0 Å². The minimum atomic E-state index is -0.600. The quantitative estimate of drug-likeness (QED) is 0.931. The van der Waals surface area contributed by atoms with E-state index in [1.807, 2.05) is 4.90 Å². The molecule has 122 valence electrons. The number of hydrogen-bond acceptors (Lipinski definition) is 4. The summed E-state index contributed by atoms with van der Waals surface area (Å²) in [5, 5.41) is 3.35. The number of thiazole rings is 1. The maximum absolute atomic E-state index is 12.9. The average molecular weight is 321 g/mol. The molecule has 1 aliphatic heterocycles. The van der Waals surface area contributed by atoms with Crippen LogP contribution in [0.3, 0.4) is 0 Å². The summed E-state index contributed by atoms with van der Waals surface area (Å²) in [6, 6.07) is 0. The molecule has 1 amide bonds. The highest BCUT2D eigenvalue weighted by Crippen LogP contribution is 2.33. The number of likely N-dealkylation sites (tertiary alicyclic amines) is 1. The number of hydrogen-bond donors (Lipinski definition) is 1. The topological polar surface area (TPSA) is 59.2 Å². The van der Waals surface area contributed by atoms with Crippen LogP contribution in [0, 0.1) is 0 Å². The first-order valence-electron chi connectivity index (χ1n) is 8.65. The maximum atomic E-state index is 12.9. The number of nitrogens with two attached hydrogens (primary N) is 1. The summed E-state index contributed by atoms with van der Waals surface area (Å²) in [7, 11) is 0. The standard InChI is InChI=1S/C17H27N3OS/c1-2-14-12-22-15(19-14)13-7-6-10-20(11-13)16(21)17(18)8-4-3-5-9-17/h12-13H,2-11,18H2,1H3/t13-/m1/s1. The molecule has 0 bridgehead atoms. The number of piperidine rings is 1. The van der Waals surface area contributed by atoms with E-state index in [0.717, 1.165) is 58.0 Å². The lowest BCUT2D eigenvalue weighted by Crippen LogP contribution is -2.57. The van der Waals surface area contributed by atoms with Crippen LogP contribution in [0.5, 0.6) is 0 Å². The van der Waals surface area contributed by atoms with E-state index in [4.69, 9.17) is 10.7 Å². The number of rotatable bonds is 3. The Morgan fingerprint density at radius 1 is 1.41 bits per heavy atom. The van der Waals surface area contributed by atoms with Gasteiger partial charge in [0, 0.05) is 24.4 Å². The summed E-state index contributed by atoms with van der Waals surface area (Å²) < 4.78 is 0. The van der Waals surface area contributed by atoms with Crippen LogP contribution in [0.4, 0.5) is 0 Å². The highest BCUT2D eigenvalue weighted by Gasteiger charge is 2.40. The Bertz CT molecular complexity index is 522. The molecule has 1 aromatic rings. The van der Waals surface area contributed by atoms with Crippen molar-refractivity contribution in [3.63, 3.8) is 0 Å². The lowest BCUT2D eigenvalue weighted by atomic mass is 9.81. The molecule has 3 rings (SSSR count). The molecule has 1 aliphatic carbocycles. The van der Waals surface area contributed by atoms with Crippen LogP contribution < -0.4 is 5.73 Å². The molecule has 1 saturated carbocycles. The van der Waals surface area contributed by atoms with Crippen LogP contribution in [-0.4, -0.2) is 34.4 Å². The number of carbonyl (C=O) groups excluding carboxylic acids is 1. The summed E-state index contributed by atoms with van der Waals surface area (Å²) in [4.78, 5) is 19.6. The zero-order valence-electron chi connectivity index (χ0n) is 13.5. The van der Waals surface area contributed by atoms with Gasteiger partial charge in [0.05, 0.1) is 16.2 Å². The fraction of sp³-hybridized carbons (Fsp3) is 0.765. The van der Waals surface area contributed by atoms with Gasteiger partial charge in [0.1, 0.15) is 0 Å². The van der Waals surface area contributed by atoms with Crippen LogP contribution >= 0.6 is 11.3 Å². The Morgan fingerprint density at radius 3 is 2.86 bits per heavy atom. The fourth-order valence-electron chi connectivity index (χ4n) is 3.75. The van der Waals surface area contributed by atoms with Crippen LogP contribution in [0.2, 0.25) is 0 Å². The van der Waals surface area contributed by atoms with E-state index < -0.39 is 5.54 Å². The highest BCUT2D eigenvalue weighted by atomic mass is 32.1. The fourth-order valence-corrected chi connectivity index (χ4v) is 4.78. The van der Waals surface area contributed by atoms with Gasteiger partial charge in [0.15, 0.2) is 0 Å². The molecule has 2 N–H and O–H groups in total. The van der Waals surface area contributed by atoms with E-state index >= 15 is 0 Å². The van der Waals surface area contributed by atoms with Gasteiger partial charge in [-0.15, -0.1) is 11.3 Å². The van der Waals surface area contributed by atoms with Crippen molar-refractivity contribution >= 4 is 17.2 Å². The molecule has 1 atom stereocenters. The zero-order valence-corrected chi connectivity index (χ0v) is 14.3. The summed E-state index contributed by atoms with van der Waals surface area (Å²) in [6.45, 7) is 3.80. The third-order valence-electron chi connectivity index (χ3n) is 5.16. The second kappa shape index (κ2) is 6.67. The maximum Gasteiger partial charge on any atom is 0.242 e. The molecular formula is C17H27N3OS. The van der Waals surface area contributed by atoms with Crippen molar-refractivity contribution in [1.29, 1.82) is 0 Å². The molecule has 1 saturated heterocycles. The molecule has 22 heavy (non-hydrogen) atoms. The predicted octanol–water partition coefficient (Wildman–Crippen LogP) is 3.07. The number of nitrogens with zero attached hydrogens (tertiary/aromatic N) is 2. The smallest absolute Gasteiger partial charge is 0.242 e. The Morgan fingerprint density at radius 2 is 2.18 bits per heavy atom.